The van der Waals surface area contributed by atoms with Crippen molar-refractivity contribution in [2.45, 2.75) is 37.9 Å². The number of rotatable bonds is 6. The Bertz CT molecular complexity index is 409. The van der Waals surface area contributed by atoms with Gasteiger partial charge in [-0.1, -0.05) is 17.7 Å². The lowest BCUT2D eigenvalue weighted by Crippen LogP contribution is -2.37. The summed E-state index contributed by atoms with van der Waals surface area (Å²) in [5.41, 5.74) is 3.11. The van der Waals surface area contributed by atoms with Crippen molar-refractivity contribution in [2.24, 2.45) is 5.84 Å². The second kappa shape index (κ2) is 7.07. The third-order valence-electron chi connectivity index (χ3n) is 2.73. The second-order valence-electron chi connectivity index (χ2n) is 4.31. The lowest BCUT2D eigenvalue weighted by atomic mass is 10.0. The highest BCUT2D eigenvalue weighted by Gasteiger charge is 2.26. The molecule has 2 nitrogen and oxygen atoms in total. The van der Waals surface area contributed by atoms with Crippen LogP contribution in [0.2, 0.25) is 5.02 Å². The predicted octanol–water partition coefficient (Wildman–Crippen LogP) is 3.59. The minimum Gasteiger partial charge on any atom is -0.271 e. The largest absolute Gasteiger partial charge is 0.389 e. The van der Waals surface area contributed by atoms with Gasteiger partial charge in [0.25, 0.3) is 0 Å². The van der Waals surface area contributed by atoms with Crippen molar-refractivity contribution in [1.29, 1.82) is 0 Å². The van der Waals surface area contributed by atoms with E-state index in [2.05, 4.69) is 5.43 Å². The Morgan fingerprint density at radius 3 is 2.53 bits per heavy atom. The van der Waals surface area contributed by atoms with E-state index >= 15 is 0 Å². The highest BCUT2D eigenvalue weighted by atomic mass is 35.5. The van der Waals surface area contributed by atoms with Crippen LogP contribution in [0.4, 0.5) is 17.6 Å². The van der Waals surface area contributed by atoms with Crippen molar-refractivity contribution in [3.05, 3.63) is 34.6 Å². The first-order valence-electron chi connectivity index (χ1n) is 5.78. The minimum absolute atomic E-state index is 0.0167. The summed E-state index contributed by atoms with van der Waals surface area (Å²) >= 11 is 5.85. The van der Waals surface area contributed by atoms with E-state index in [1.54, 1.807) is 0 Å². The molecule has 0 aromatic heterocycles. The molecule has 0 saturated heterocycles. The van der Waals surface area contributed by atoms with E-state index in [4.69, 9.17) is 17.4 Å². The molecule has 108 valence electrons. The van der Waals surface area contributed by atoms with Gasteiger partial charge in [-0.2, -0.15) is 13.2 Å². The number of hydrazine groups is 1. The molecule has 0 aliphatic carbocycles. The number of hydrogen-bond acceptors (Lipinski definition) is 2. The SMILES string of the molecule is NNC(CCCC(F)(F)F)Cc1ccc(F)cc1Cl. The molecule has 1 unspecified atom stereocenters. The molecule has 0 saturated carbocycles. The molecule has 0 spiro atoms. The average Bonchev–Trinajstić information content (AvgIpc) is 2.29. The molecule has 0 bridgehead atoms. The van der Waals surface area contributed by atoms with Crippen LogP contribution in [0.5, 0.6) is 0 Å². The number of benzene rings is 1. The van der Waals surface area contributed by atoms with Gasteiger partial charge in [0.05, 0.1) is 0 Å². The van der Waals surface area contributed by atoms with E-state index in [0.717, 1.165) is 0 Å². The third-order valence-corrected chi connectivity index (χ3v) is 3.08. The average molecular weight is 299 g/mol. The molecule has 0 radical (unpaired) electrons. The molecule has 0 fully saturated rings. The molecule has 0 aliphatic rings. The fraction of sp³-hybridized carbons (Fsp3) is 0.500. The third kappa shape index (κ3) is 6.22. The van der Waals surface area contributed by atoms with Crippen molar-refractivity contribution in [3.63, 3.8) is 0 Å². The first-order valence-corrected chi connectivity index (χ1v) is 6.16. The standard InChI is InChI=1S/C12H15ClF4N2/c13-11-7-9(14)4-3-8(11)6-10(19-18)2-1-5-12(15,16)17/h3-4,7,10,19H,1-2,5-6,18H2. The molecular formula is C12H15ClF4N2. The molecule has 3 N–H and O–H groups in total. The lowest BCUT2D eigenvalue weighted by Gasteiger charge is -2.17. The molecule has 1 aromatic rings. The molecule has 19 heavy (non-hydrogen) atoms. The molecule has 7 heteroatoms. The lowest BCUT2D eigenvalue weighted by molar-refractivity contribution is -0.135. The number of nitrogens with two attached hydrogens (primary N) is 1. The van der Waals surface area contributed by atoms with E-state index in [1.165, 1.54) is 18.2 Å². The zero-order chi connectivity index (χ0) is 14.5. The van der Waals surface area contributed by atoms with Crippen LogP contribution in [0.1, 0.15) is 24.8 Å². The molecule has 0 aliphatic heterocycles. The van der Waals surface area contributed by atoms with Crippen molar-refractivity contribution in [2.75, 3.05) is 0 Å². The molecular weight excluding hydrogens is 284 g/mol. The zero-order valence-corrected chi connectivity index (χ0v) is 10.9. The summed E-state index contributed by atoms with van der Waals surface area (Å²) in [6, 6.07) is 3.60. The Balaban J connectivity index is 2.52. The van der Waals surface area contributed by atoms with Crippen molar-refractivity contribution < 1.29 is 17.6 Å². The van der Waals surface area contributed by atoms with Gasteiger partial charge in [-0.3, -0.25) is 11.3 Å². The van der Waals surface area contributed by atoms with E-state index in [9.17, 15) is 17.6 Å². The second-order valence-corrected chi connectivity index (χ2v) is 4.72. The Kier molecular flexibility index (Phi) is 6.03. The van der Waals surface area contributed by atoms with E-state index in [-0.39, 0.29) is 23.9 Å². The maximum atomic E-state index is 12.9. The van der Waals surface area contributed by atoms with Crippen LogP contribution in [0, 0.1) is 5.82 Å². The quantitative estimate of drug-likeness (QED) is 0.478. The van der Waals surface area contributed by atoms with E-state index in [1.807, 2.05) is 0 Å². The Morgan fingerprint density at radius 1 is 1.32 bits per heavy atom. The highest BCUT2D eigenvalue weighted by Crippen LogP contribution is 2.24. The molecule has 0 amide bonds. The van der Waals surface area contributed by atoms with Gasteiger partial charge in [0, 0.05) is 17.5 Å². The van der Waals surface area contributed by atoms with Gasteiger partial charge in [0.1, 0.15) is 5.82 Å². The van der Waals surface area contributed by atoms with Gasteiger partial charge < -0.3 is 0 Å². The summed E-state index contributed by atoms with van der Waals surface area (Å²) in [6.45, 7) is 0. The fourth-order valence-corrected chi connectivity index (χ4v) is 1.99. The first kappa shape index (κ1) is 16.2. The smallest absolute Gasteiger partial charge is 0.271 e. The van der Waals surface area contributed by atoms with Crippen molar-refractivity contribution >= 4 is 11.6 Å². The zero-order valence-electron chi connectivity index (χ0n) is 10.1. The van der Waals surface area contributed by atoms with Gasteiger partial charge in [-0.25, -0.2) is 4.39 Å². The monoisotopic (exact) mass is 298 g/mol. The number of nitrogens with one attached hydrogen (secondary N) is 1. The molecule has 1 rings (SSSR count). The van der Waals surface area contributed by atoms with Crippen LogP contribution in [0.3, 0.4) is 0 Å². The maximum Gasteiger partial charge on any atom is 0.389 e. The first-order chi connectivity index (χ1) is 8.81. The fourth-order valence-electron chi connectivity index (χ4n) is 1.75. The maximum absolute atomic E-state index is 12.9. The predicted molar refractivity (Wildman–Crippen MR) is 66.1 cm³/mol. The van der Waals surface area contributed by atoms with Gasteiger partial charge in [0.15, 0.2) is 0 Å². The van der Waals surface area contributed by atoms with Gasteiger partial charge in [-0.05, 0) is 37.0 Å². The minimum atomic E-state index is -4.16. The van der Waals surface area contributed by atoms with Gasteiger partial charge in [-0.15, -0.1) is 0 Å². The van der Waals surface area contributed by atoms with Crippen LogP contribution >= 0.6 is 11.6 Å². The topological polar surface area (TPSA) is 38.0 Å². The summed E-state index contributed by atoms with van der Waals surface area (Å²) in [4.78, 5) is 0. The summed E-state index contributed by atoms with van der Waals surface area (Å²) in [6.07, 6.45) is -4.40. The van der Waals surface area contributed by atoms with Crippen LogP contribution in [0.25, 0.3) is 0 Å². The van der Waals surface area contributed by atoms with Gasteiger partial charge >= 0.3 is 6.18 Å². The number of alkyl halides is 3. The van der Waals surface area contributed by atoms with Crippen LogP contribution < -0.4 is 11.3 Å². The van der Waals surface area contributed by atoms with Crippen molar-refractivity contribution in [3.8, 4) is 0 Å². The van der Waals surface area contributed by atoms with Crippen molar-refractivity contribution in [1.82, 2.24) is 5.43 Å². The highest BCUT2D eigenvalue weighted by molar-refractivity contribution is 6.31. The van der Waals surface area contributed by atoms with Crippen LogP contribution in [0.15, 0.2) is 18.2 Å². The van der Waals surface area contributed by atoms with Crippen LogP contribution in [-0.4, -0.2) is 12.2 Å². The molecule has 1 aromatic carbocycles. The van der Waals surface area contributed by atoms with E-state index < -0.39 is 18.4 Å². The normalized spacial score (nSPS) is 13.6. The molecule has 0 heterocycles. The van der Waals surface area contributed by atoms with E-state index in [0.29, 0.717) is 12.0 Å². The summed E-state index contributed by atoms with van der Waals surface area (Å²) in [5.74, 6) is 4.85. The summed E-state index contributed by atoms with van der Waals surface area (Å²) < 4.78 is 48.9. The Hall–Kier alpha value is -0.850. The van der Waals surface area contributed by atoms with Gasteiger partial charge in [0.2, 0.25) is 0 Å². The molecule has 1 atom stereocenters. The summed E-state index contributed by atoms with van der Waals surface area (Å²) in [7, 11) is 0. The number of hydrogen-bond donors (Lipinski definition) is 2. The summed E-state index contributed by atoms with van der Waals surface area (Å²) in [5, 5.41) is 0.246. The van der Waals surface area contributed by atoms with Crippen LogP contribution in [-0.2, 0) is 6.42 Å². The Morgan fingerprint density at radius 2 is 2.00 bits per heavy atom. The Labute approximate surface area is 113 Å². The number of halogens is 5.